The number of nitrogens with one attached hydrogen (secondary N) is 2. The predicted octanol–water partition coefficient (Wildman–Crippen LogP) is 4.93. The first-order valence-electron chi connectivity index (χ1n) is 13.4. The lowest BCUT2D eigenvalue weighted by atomic mass is 9.97. The third-order valence-electron chi connectivity index (χ3n) is 7.00. The summed E-state index contributed by atoms with van der Waals surface area (Å²) < 4.78 is 28.5. The Morgan fingerprint density at radius 2 is 1.44 bits per heavy atom. The standard InChI is InChI=1S/C32H33N3O5S/c1-4-35(5-2)32(38)29(31(37)34-41(39,40)27-19-16-24-11-7-8-12-25(24)21-27)20-23-14-17-26(18-15-23)33-30(36)28-13-9-6-10-22(28)3/h6-19,21,29H,4-5,20H2,1-3H3,(H,33,36)(H,34,37). The van der Waals surface area contributed by atoms with E-state index in [1.165, 1.54) is 17.0 Å². The smallest absolute Gasteiger partial charge is 0.264 e. The summed E-state index contributed by atoms with van der Waals surface area (Å²) in [5, 5.41) is 4.43. The number of rotatable bonds is 10. The Hall–Kier alpha value is -4.50. The van der Waals surface area contributed by atoms with Gasteiger partial charge in [-0.1, -0.05) is 60.7 Å². The lowest BCUT2D eigenvalue weighted by Gasteiger charge is -2.25. The fourth-order valence-corrected chi connectivity index (χ4v) is 5.69. The monoisotopic (exact) mass is 571 g/mol. The van der Waals surface area contributed by atoms with Crippen molar-refractivity contribution < 1.29 is 22.8 Å². The molecule has 41 heavy (non-hydrogen) atoms. The molecule has 4 rings (SSSR count). The highest BCUT2D eigenvalue weighted by Gasteiger charge is 2.33. The maximum atomic E-state index is 13.4. The van der Waals surface area contributed by atoms with Crippen molar-refractivity contribution >= 4 is 44.2 Å². The molecule has 3 amide bonds. The third kappa shape index (κ3) is 6.99. The van der Waals surface area contributed by atoms with E-state index in [1.54, 1.807) is 68.4 Å². The van der Waals surface area contributed by atoms with Crippen molar-refractivity contribution in [3.05, 3.63) is 108 Å². The van der Waals surface area contributed by atoms with Crippen LogP contribution in [0.1, 0.15) is 35.3 Å². The van der Waals surface area contributed by atoms with E-state index in [9.17, 15) is 22.8 Å². The van der Waals surface area contributed by atoms with Gasteiger partial charge in [-0.15, -0.1) is 0 Å². The summed E-state index contributed by atoms with van der Waals surface area (Å²) in [6, 6.07) is 26.0. The maximum absolute atomic E-state index is 13.4. The Labute approximate surface area is 240 Å². The second-order valence-electron chi connectivity index (χ2n) is 9.71. The number of carbonyl (C=O) groups is 3. The number of fused-ring (bicyclic) bond motifs is 1. The number of benzene rings is 4. The number of aryl methyl sites for hydroxylation is 1. The summed E-state index contributed by atoms with van der Waals surface area (Å²) in [7, 11) is -4.23. The first-order valence-corrected chi connectivity index (χ1v) is 14.9. The van der Waals surface area contributed by atoms with E-state index in [-0.39, 0.29) is 17.2 Å². The number of sulfonamides is 1. The Balaban J connectivity index is 1.54. The number of nitrogens with zero attached hydrogens (tertiary/aromatic N) is 1. The largest absolute Gasteiger partial charge is 0.343 e. The molecule has 0 fully saturated rings. The number of hydrogen-bond donors (Lipinski definition) is 2. The summed E-state index contributed by atoms with van der Waals surface area (Å²) >= 11 is 0. The van der Waals surface area contributed by atoms with Gasteiger partial charge in [-0.25, -0.2) is 13.1 Å². The SMILES string of the molecule is CCN(CC)C(=O)C(Cc1ccc(NC(=O)c2ccccc2C)cc1)C(=O)NS(=O)(=O)c1ccc2ccccc2c1. The highest BCUT2D eigenvalue weighted by atomic mass is 32.2. The molecule has 0 saturated carbocycles. The minimum atomic E-state index is -4.23. The van der Waals surface area contributed by atoms with E-state index in [0.29, 0.717) is 35.3 Å². The van der Waals surface area contributed by atoms with E-state index in [0.717, 1.165) is 10.9 Å². The Kier molecular flexibility index (Phi) is 9.19. The van der Waals surface area contributed by atoms with Gasteiger partial charge in [-0.2, -0.15) is 0 Å². The van der Waals surface area contributed by atoms with Gasteiger partial charge >= 0.3 is 0 Å². The second-order valence-corrected chi connectivity index (χ2v) is 11.4. The molecular formula is C32H33N3O5S. The lowest BCUT2D eigenvalue weighted by molar-refractivity contribution is -0.141. The summed E-state index contributed by atoms with van der Waals surface area (Å²) in [6.45, 7) is 6.21. The van der Waals surface area contributed by atoms with Crippen molar-refractivity contribution in [1.82, 2.24) is 9.62 Å². The van der Waals surface area contributed by atoms with Crippen LogP contribution in [0.15, 0.2) is 95.9 Å². The molecule has 8 nitrogen and oxygen atoms in total. The van der Waals surface area contributed by atoms with Crippen LogP contribution in [0.4, 0.5) is 5.69 Å². The first-order chi connectivity index (χ1) is 19.6. The molecule has 0 bridgehead atoms. The molecule has 0 aliphatic heterocycles. The van der Waals surface area contributed by atoms with Crippen LogP contribution in [-0.2, 0) is 26.0 Å². The zero-order valence-corrected chi connectivity index (χ0v) is 24.1. The van der Waals surface area contributed by atoms with Crippen molar-refractivity contribution in [3.8, 4) is 0 Å². The number of anilines is 1. The molecule has 4 aromatic carbocycles. The third-order valence-corrected chi connectivity index (χ3v) is 8.34. The molecule has 0 heterocycles. The van der Waals surface area contributed by atoms with E-state index >= 15 is 0 Å². The summed E-state index contributed by atoms with van der Waals surface area (Å²) in [4.78, 5) is 40.9. The zero-order chi connectivity index (χ0) is 29.6. The minimum absolute atomic E-state index is 0.0135. The van der Waals surface area contributed by atoms with Crippen LogP contribution in [0, 0.1) is 12.8 Å². The molecule has 4 aromatic rings. The van der Waals surface area contributed by atoms with Crippen molar-refractivity contribution in [2.24, 2.45) is 5.92 Å². The molecule has 212 valence electrons. The Morgan fingerprint density at radius 1 is 0.805 bits per heavy atom. The minimum Gasteiger partial charge on any atom is -0.343 e. The number of hydrogen-bond acceptors (Lipinski definition) is 5. The molecule has 9 heteroatoms. The fourth-order valence-electron chi connectivity index (χ4n) is 4.63. The molecule has 0 aromatic heterocycles. The summed E-state index contributed by atoms with van der Waals surface area (Å²) in [5.74, 6) is -2.87. The van der Waals surface area contributed by atoms with Crippen molar-refractivity contribution in [2.75, 3.05) is 18.4 Å². The Bertz CT molecular complexity index is 1680. The summed E-state index contributed by atoms with van der Waals surface area (Å²) in [6.07, 6.45) is -0.0135. The normalized spacial score (nSPS) is 12.0. The highest BCUT2D eigenvalue weighted by molar-refractivity contribution is 7.90. The fraction of sp³-hybridized carbons (Fsp3) is 0.219. The lowest BCUT2D eigenvalue weighted by Crippen LogP contribution is -2.46. The molecule has 0 aliphatic carbocycles. The van der Waals surface area contributed by atoms with Gasteiger partial charge in [0, 0.05) is 24.3 Å². The summed E-state index contributed by atoms with van der Waals surface area (Å²) in [5.41, 5.74) is 2.61. The van der Waals surface area contributed by atoms with Gasteiger partial charge in [-0.05, 0) is 79.4 Å². The molecule has 0 saturated heterocycles. The molecule has 1 atom stereocenters. The van der Waals surface area contributed by atoms with Gasteiger partial charge in [0.05, 0.1) is 4.90 Å². The molecule has 2 N–H and O–H groups in total. The van der Waals surface area contributed by atoms with Crippen LogP contribution in [-0.4, -0.2) is 44.1 Å². The number of amides is 3. The second kappa shape index (κ2) is 12.8. The predicted molar refractivity (Wildman–Crippen MR) is 160 cm³/mol. The van der Waals surface area contributed by atoms with Gasteiger partial charge in [0.1, 0.15) is 5.92 Å². The van der Waals surface area contributed by atoms with E-state index in [2.05, 4.69) is 10.0 Å². The van der Waals surface area contributed by atoms with E-state index < -0.39 is 27.8 Å². The van der Waals surface area contributed by atoms with Gasteiger partial charge < -0.3 is 10.2 Å². The topological polar surface area (TPSA) is 113 Å². The highest BCUT2D eigenvalue weighted by Crippen LogP contribution is 2.21. The van der Waals surface area contributed by atoms with E-state index in [1.807, 2.05) is 31.2 Å². The molecular weight excluding hydrogens is 538 g/mol. The quantitative estimate of drug-likeness (QED) is 0.262. The van der Waals surface area contributed by atoms with Crippen LogP contribution >= 0.6 is 0 Å². The average molecular weight is 572 g/mol. The number of carbonyl (C=O) groups excluding carboxylic acids is 3. The zero-order valence-electron chi connectivity index (χ0n) is 23.3. The van der Waals surface area contributed by atoms with Gasteiger partial charge in [0.15, 0.2) is 0 Å². The average Bonchev–Trinajstić information content (AvgIpc) is 2.97. The van der Waals surface area contributed by atoms with Crippen LogP contribution < -0.4 is 10.0 Å². The molecule has 0 spiro atoms. The van der Waals surface area contributed by atoms with Crippen LogP contribution in [0.25, 0.3) is 10.8 Å². The van der Waals surface area contributed by atoms with Gasteiger partial charge in [-0.3, -0.25) is 14.4 Å². The van der Waals surface area contributed by atoms with Crippen LogP contribution in [0.3, 0.4) is 0 Å². The Morgan fingerprint density at radius 3 is 2.10 bits per heavy atom. The maximum Gasteiger partial charge on any atom is 0.264 e. The van der Waals surface area contributed by atoms with Crippen molar-refractivity contribution in [1.29, 1.82) is 0 Å². The molecule has 0 aliphatic rings. The van der Waals surface area contributed by atoms with Gasteiger partial charge in [0.25, 0.3) is 15.9 Å². The first kappa shape index (κ1) is 29.5. The van der Waals surface area contributed by atoms with Crippen molar-refractivity contribution in [3.63, 3.8) is 0 Å². The van der Waals surface area contributed by atoms with Gasteiger partial charge in [0.2, 0.25) is 11.8 Å². The molecule has 0 radical (unpaired) electrons. The molecule has 1 unspecified atom stereocenters. The van der Waals surface area contributed by atoms with Crippen molar-refractivity contribution in [2.45, 2.75) is 32.1 Å². The van der Waals surface area contributed by atoms with Crippen LogP contribution in [0.2, 0.25) is 0 Å². The van der Waals surface area contributed by atoms with Crippen LogP contribution in [0.5, 0.6) is 0 Å². The van der Waals surface area contributed by atoms with E-state index in [4.69, 9.17) is 0 Å².